The summed E-state index contributed by atoms with van der Waals surface area (Å²) in [6, 6.07) is 6.30. The topological polar surface area (TPSA) is 67.2 Å². The van der Waals surface area contributed by atoms with Gasteiger partial charge in [0.1, 0.15) is 5.75 Å². The minimum Gasteiger partial charge on any atom is -0.506 e. The Morgan fingerprint density at radius 1 is 1.43 bits per heavy atom. The van der Waals surface area contributed by atoms with Crippen LogP contribution in [0.15, 0.2) is 24.3 Å². The molecule has 0 aliphatic carbocycles. The van der Waals surface area contributed by atoms with E-state index in [2.05, 4.69) is 10.4 Å². The molecular weight excluding hydrogens is 290 g/mol. The Labute approximate surface area is 128 Å². The molecule has 6 heteroatoms. The summed E-state index contributed by atoms with van der Waals surface area (Å²) in [6.07, 6.45) is 0. The molecule has 5 nitrogen and oxygen atoms in total. The highest BCUT2D eigenvalue weighted by molar-refractivity contribution is 6.32. The first-order valence-electron chi connectivity index (χ1n) is 6.67. The third-order valence-corrected chi connectivity index (χ3v) is 3.44. The number of amides is 1. The number of halogens is 1. The fourth-order valence-corrected chi connectivity index (χ4v) is 2.30. The van der Waals surface area contributed by atoms with Crippen molar-refractivity contribution in [3.05, 3.63) is 46.2 Å². The second-order valence-corrected chi connectivity index (χ2v) is 5.56. The van der Waals surface area contributed by atoms with Crippen LogP contribution >= 0.6 is 11.6 Å². The Hall–Kier alpha value is -2.01. The second-order valence-electron chi connectivity index (χ2n) is 5.15. The molecule has 1 heterocycles. The maximum Gasteiger partial charge on any atom is 0.251 e. The van der Waals surface area contributed by atoms with Crippen molar-refractivity contribution in [1.82, 2.24) is 15.1 Å². The lowest BCUT2D eigenvalue weighted by atomic mass is 10.2. The van der Waals surface area contributed by atoms with E-state index in [-0.39, 0.29) is 22.7 Å². The number of phenols is 1. The number of phenolic OH excluding ortho intramolecular Hbond substituents is 1. The van der Waals surface area contributed by atoms with Crippen molar-refractivity contribution >= 4 is 17.5 Å². The quantitative estimate of drug-likeness (QED) is 0.912. The molecule has 1 aromatic carbocycles. The van der Waals surface area contributed by atoms with Gasteiger partial charge in [0.15, 0.2) is 0 Å². The van der Waals surface area contributed by atoms with Gasteiger partial charge in [0.05, 0.1) is 17.3 Å². The van der Waals surface area contributed by atoms with Crippen molar-refractivity contribution < 1.29 is 9.90 Å². The number of aryl methyl sites for hydroxylation is 2. The van der Waals surface area contributed by atoms with Gasteiger partial charge in [-0.25, -0.2) is 0 Å². The molecule has 0 spiro atoms. The number of carbonyl (C=O) groups is 1. The Kier molecular flexibility index (Phi) is 4.53. The van der Waals surface area contributed by atoms with Crippen LogP contribution in [0.5, 0.6) is 5.75 Å². The average Bonchev–Trinajstić information content (AvgIpc) is 2.70. The lowest BCUT2D eigenvalue weighted by Crippen LogP contribution is -2.36. The summed E-state index contributed by atoms with van der Waals surface area (Å²) in [5.74, 6) is -0.269. The maximum atomic E-state index is 12.1. The summed E-state index contributed by atoms with van der Waals surface area (Å²) in [5, 5.41) is 16.8. The summed E-state index contributed by atoms with van der Waals surface area (Å²) in [7, 11) is 0. The predicted molar refractivity (Wildman–Crippen MR) is 81.7 cm³/mol. The number of rotatable bonds is 4. The highest BCUT2D eigenvalue weighted by atomic mass is 35.5. The zero-order valence-electron chi connectivity index (χ0n) is 12.2. The van der Waals surface area contributed by atoms with Crippen LogP contribution in [0.3, 0.4) is 0 Å². The molecule has 0 aliphatic rings. The standard InChI is InChI=1S/C15H18ClN3O2/c1-9-6-11(3)19(18-9)8-10(2)17-15(21)12-4-5-14(20)13(16)7-12/h4-7,10,20H,8H2,1-3H3,(H,17,21)/t10-/m0/s1. The van der Waals surface area contributed by atoms with E-state index >= 15 is 0 Å². The Morgan fingerprint density at radius 2 is 2.14 bits per heavy atom. The molecule has 112 valence electrons. The van der Waals surface area contributed by atoms with Gasteiger partial charge in [-0.3, -0.25) is 9.48 Å². The van der Waals surface area contributed by atoms with E-state index in [9.17, 15) is 9.90 Å². The van der Waals surface area contributed by atoms with E-state index in [1.54, 1.807) is 0 Å². The highest BCUT2D eigenvalue weighted by Crippen LogP contribution is 2.23. The summed E-state index contributed by atoms with van der Waals surface area (Å²) in [4.78, 5) is 12.1. The molecule has 0 bridgehead atoms. The second kappa shape index (κ2) is 6.18. The van der Waals surface area contributed by atoms with E-state index in [1.165, 1.54) is 18.2 Å². The van der Waals surface area contributed by atoms with E-state index < -0.39 is 0 Å². The van der Waals surface area contributed by atoms with Gasteiger partial charge in [-0.05, 0) is 45.0 Å². The third kappa shape index (κ3) is 3.76. The van der Waals surface area contributed by atoms with Crippen LogP contribution in [0.25, 0.3) is 0 Å². The van der Waals surface area contributed by atoms with Crippen LogP contribution in [0.4, 0.5) is 0 Å². The molecule has 2 rings (SSSR count). The van der Waals surface area contributed by atoms with Gasteiger partial charge in [-0.15, -0.1) is 0 Å². The van der Waals surface area contributed by atoms with Crippen molar-refractivity contribution in [2.45, 2.75) is 33.4 Å². The van der Waals surface area contributed by atoms with E-state index in [4.69, 9.17) is 11.6 Å². The molecule has 0 unspecified atom stereocenters. The van der Waals surface area contributed by atoms with E-state index in [0.717, 1.165) is 11.4 Å². The molecule has 21 heavy (non-hydrogen) atoms. The SMILES string of the molecule is Cc1cc(C)n(C[C@H](C)NC(=O)c2ccc(O)c(Cl)c2)n1. The van der Waals surface area contributed by atoms with Crippen molar-refractivity contribution in [1.29, 1.82) is 0 Å². The van der Waals surface area contributed by atoms with Crippen molar-refractivity contribution in [2.24, 2.45) is 0 Å². The lowest BCUT2D eigenvalue weighted by molar-refractivity contribution is 0.0936. The van der Waals surface area contributed by atoms with Crippen molar-refractivity contribution in [3.63, 3.8) is 0 Å². The van der Waals surface area contributed by atoms with Gasteiger partial charge >= 0.3 is 0 Å². The molecule has 0 aliphatic heterocycles. The van der Waals surface area contributed by atoms with Gasteiger partial charge < -0.3 is 10.4 Å². The van der Waals surface area contributed by atoms with Crippen LogP contribution in [-0.4, -0.2) is 26.8 Å². The first kappa shape index (κ1) is 15.4. The molecular formula is C15H18ClN3O2. The van der Waals surface area contributed by atoms with Crippen molar-refractivity contribution in [3.8, 4) is 5.75 Å². The number of nitrogens with one attached hydrogen (secondary N) is 1. The third-order valence-electron chi connectivity index (χ3n) is 3.14. The fourth-order valence-electron chi connectivity index (χ4n) is 2.12. The number of aromatic hydroxyl groups is 1. The molecule has 1 aromatic heterocycles. The minimum atomic E-state index is -0.231. The zero-order valence-corrected chi connectivity index (χ0v) is 13.0. The monoisotopic (exact) mass is 307 g/mol. The van der Waals surface area contributed by atoms with Gasteiger partial charge in [0.25, 0.3) is 5.91 Å². The predicted octanol–water partition coefficient (Wildman–Crippen LogP) is 2.68. The molecule has 0 saturated carbocycles. The van der Waals surface area contributed by atoms with Gasteiger partial charge in [0, 0.05) is 17.3 Å². The fraction of sp³-hybridized carbons (Fsp3) is 0.333. The molecule has 2 N–H and O–H groups in total. The van der Waals surface area contributed by atoms with Crippen molar-refractivity contribution in [2.75, 3.05) is 0 Å². The van der Waals surface area contributed by atoms with Crippen LogP contribution in [0.2, 0.25) is 5.02 Å². The Bertz CT molecular complexity index is 667. The van der Waals surface area contributed by atoms with Crippen LogP contribution in [-0.2, 0) is 6.54 Å². The number of carbonyl (C=O) groups excluding carboxylic acids is 1. The number of aromatic nitrogens is 2. The zero-order chi connectivity index (χ0) is 15.6. The van der Waals surface area contributed by atoms with Crippen LogP contribution in [0, 0.1) is 13.8 Å². The lowest BCUT2D eigenvalue weighted by Gasteiger charge is -2.15. The summed E-state index contributed by atoms with van der Waals surface area (Å²) in [5.41, 5.74) is 2.43. The Balaban J connectivity index is 2.01. The average molecular weight is 308 g/mol. The van der Waals surface area contributed by atoms with E-state index in [0.29, 0.717) is 12.1 Å². The summed E-state index contributed by atoms with van der Waals surface area (Å²) < 4.78 is 1.87. The summed E-state index contributed by atoms with van der Waals surface area (Å²) in [6.45, 7) is 6.42. The first-order valence-corrected chi connectivity index (χ1v) is 7.05. The van der Waals surface area contributed by atoms with Gasteiger partial charge in [0.2, 0.25) is 0 Å². The molecule has 0 radical (unpaired) electrons. The highest BCUT2D eigenvalue weighted by Gasteiger charge is 2.13. The van der Waals surface area contributed by atoms with Crippen LogP contribution < -0.4 is 5.32 Å². The number of benzene rings is 1. The number of nitrogens with zero attached hydrogens (tertiary/aromatic N) is 2. The largest absolute Gasteiger partial charge is 0.506 e. The minimum absolute atomic E-state index is 0.0380. The van der Waals surface area contributed by atoms with Gasteiger partial charge in [-0.2, -0.15) is 5.10 Å². The first-order chi connectivity index (χ1) is 9.86. The molecule has 2 aromatic rings. The normalized spacial score (nSPS) is 12.2. The van der Waals surface area contributed by atoms with Crippen LogP contribution in [0.1, 0.15) is 28.7 Å². The molecule has 1 amide bonds. The van der Waals surface area contributed by atoms with Gasteiger partial charge in [-0.1, -0.05) is 11.6 Å². The molecule has 0 saturated heterocycles. The Morgan fingerprint density at radius 3 is 2.71 bits per heavy atom. The number of hydrogen-bond acceptors (Lipinski definition) is 3. The molecule has 0 fully saturated rings. The smallest absolute Gasteiger partial charge is 0.251 e. The number of hydrogen-bond donors (Lipinski definition) is 2. The molecule has 1 atom stereocenters. The van der Waals surface area contributed by atoms with E-state index in [1.807, 2.05) is 31.5 Å². The maximum absolute atomic E-state index is 12.1. The summed E-state index contributed by atoms with van der Waals surface area (Å²) >= 11 is 5.80.